The zero-order valence-electron chi connectivity index (χ0n) is 15.1. The van der Waals surface area contributed by atoms with E-state index in [1.54, 1.807) is 0 Å². The largest absolute Gasteiger partial charge is 0.451 e. The van der Waals surface area contributed by atoms with Crippen LogP contribution < -0.4 is 0 Å². The molecule has 0 radical (unpaired) electrons. The second kappa shape index (κ2) is 9.03. The van der Waals surface area contributed by atoms with Crippen LogP contribution in [0.1, 0.15) is 34.9 Å². The zero-order chi connectivity index (χ0) is 27.4. The van der Waals surface area contributed by atoms with Gasteiger partial charge in [-0.25, -0.2) is 29.9 Å². The summed E-state index contributed by atoms with van der Waals surface area (Å²) in [5, 5.41) is -11.0. The van der Waals surface area contributed by atoms with Crippen molar-refractivity contribution in [2.75, 3.05) is 0 Å². The summed E-state index contributed by atoms with van der Waals surface area (Å²) in [5.74, 6) is -15.2. The zero-order valence-corrected chi connectivity index (χ0v) is 19.1. The van der Waals surface area contributed by atoms with E-state index in [0.717, 1.165) is 0 Å². The molecule has 0 amide bonds. The topological polar surface area (TPSA) is 77.3 Å². The van der Waals surface area contributed by atoms with Crippen molar-refractivity contribution in [3.05, 3.63) is 34.9 Å². The molecule has 0 aliphatic carbocycles. The van der Waals surface area contributed by atoms with Crippen LogP contribution in [0.2, 0.25) is 0 Å². The number of aromatic nitrogens is 6. The fourth-order valence-electron chi connectivity index (χ4n) is 1.77. The van der Waals surface area contributed by atoms with Crippen LogP contribution in [0.25, 0.3) is 0 Å². The number of nitrogens with zero attached hydrogens (tertiary/aromatic N) is 6. The molecular formula is C12Br2F14N6S. The molecular weight excluding hydrogens is 686 g/mol. The van der Waals surface area contributed by atoms with E-state index < -0.39 is 79.2 Å². The van der Waals surface area contributed by atoms with Crippen LogP contribution in [-0.4, -0.2) is 29.9 Å². The normalized spacial score (nSPS) is 14.4. The monoisotopic (exact) mass is 684 g/mol. The molecule has 0 atom stereocenters. The number of alkyl halides is 16. The van der Waals surface area contributed by atoms with Crippen LogP contribution >= 0.6 is 43.6 Å². The third-order valence-corrected chi connectivity index (χ3v) is 4.65. The van der Waals surface area contributed by atoms with E-state index in [1.165, 1.54) is 31.9 Å². The van der Waals surface area contributed by atoms with Gasteiger partial charge >= 0.3 is 32.5 Å². The van der Waals surface area contributed by atoms with Gasteiger partial charge in [-0.1, -0.05) is 0 Å². The molecule has 23 heteroatoms. The van der Waals surface area contributed by atoms with Crippen molar-refractivity contribution in [1.29, 1.82) is 0 Å². The van der Waals surface area contributed by atoms with Crippen molar-refractivity contribution in [2.24, 2.45) is 0 Å². The summed E-state index contributed by atoms with van der Waals surface area (Å²) in [4.78, 5) is 4.03. The maximum atomic E-state index is 14.4. The Morgan fingerprint density at radius 2 is 0.629 bits per heavy atom. The number of thioether (sulfide) groups is 1. The quantitative estimate of drug-likeness (QED) is 0.253. The summed E-state index contributed by atoms with van der Waals surface area (Å²) in [6.07, 6.45) is -11.5. The van der Waals surface area contributed by atoms with Gasteiger partial charge < -0.3 is 0 Å². The predicted molar refractivity (Wildman–Crippen MR) is 90.7 cm³/mol. The van der Waals surface area contributed by atoms with Gasteiger partial charge in [0.1, 0.15) is 0 Å². The third-order valence-electron chi connectivity index (χ3n) is 3.06. The summed E-state index contributed by atoms with van der Waals surface area (Å²) >= 11 is 0.815. The van der Waals surface area contributed by atoms with Crippen LogP contribution in [-0.2, 0) is 32.5 Å². The van der Waals surface area contributed by atoms with Gasteiger partial charge in [0, 0.05) is 11.8 Å². The Kier molecular flexibility index (Phi) is 7.63. The van der Waals surface area contributed by atoms with Gasteiger partial charge in [0.15, 0.2) is 0 Å². The molecule has 2 aromatic rings. The minimum absolute atomic E-state index is 1.48. The summed E-state index contributed by atoms with van der Waals surface area (Å²) in [5.41, 5.74) is 0. The minimum atomic E-state index is -5.76. The summed E-state index contributed by atoms with van der Waals surface area (Å²) in [6.45, 7) is 0. The molecule has 0 aromatic carbocycles. The Hall–Kier alpha value is -1.65. The first-order valence-electron chi connectivity index (χ1n) is 7.62. The van der Waals surface area contributed by atoms with Crippen LogP contribution in [0.15, 0.2) is 0 Å². The van der Waals surface area contributed by atoms with Gasteiger partial charge in [0.25, 0.3) is 0 Å². The van der Waals surface area contributed by atoms with Gasteiger partial charge in [-0.05, 0) is 31.9 Å². The van der Waals surface area contributed by atoms with E-state index in [-0.39, 0.29) is 0 Å². The molecule has 0 aliphatic rings. The van der Waals surface area contributed by atoms with Gasteiger partial charge in [-0.15, -0.1) is 0 Å². The van der Waals surface area contributed by atoms with Gasteiger partial charge in [0.2, 0.25) is 34.9 Å². The molecule has 0 saturated heterocycles. The van der Waals surface area contributed by atoms with Crippen molar-refractivity contribution in [3.63, 3.8) is 0 Å². The van der Waals surface area contributed by atoms with Crippen molar-refractivity contribution in [3.8, 4) is 0 Å². The molecule has 0 N–H and O–H groups in total. The highest BCUT2D eigenvalue weighted by Gasteiger charge is 2.54. The fraction of sp³-hybridized carbons (Fsp3) is 0.500. The van der Waals surface area contributed by atoms with Gasteiger partial charge in [-0.3, -0.25) is 0 Å². The second-order valence-electron chi connectivity index (χ2n) is 5.74. The maximum absolute atomic E-state index is 14.4. The van der Waals surface area contributed by atoms with Crippen LogP contribution in [0.4, 0.5) is 61.5 Å². The van der Waals surface area contributed by atoms with Crippen molar-refractivity contribution in [2.45, 2.75) is 32.5 Å². The van der Waals surface area contributed by atoms with Crippen LogP contribution in [0, 0.1) is 0 Å². The lowest BCUT2D eigenvalue weighted by atomic mass is 10.5. The van der Waals surface area contributed by atoms with Gasteiger partial charge in [-0.2, -0.15) is 61.5 Å². The molecule has 196 valence electrons. The van der Waals surface area contributed by atoms with Crippen LogP contribution in [0.5, 0.6) is 0 Å². The van der Waals surface area contributed by atoms with E-state index in [9.17, 15) is 61.5 Å². The molecule has 0 saturated carbocycles. The van der Waals surface area contributed by atoms with Gasteiger partial charge in [0.05, 0.1) is 0 Å². The lowest BCUT2D eigenvalue weighted by Gasteiger charge is -2.22. The molecule has 0 fully saturated rings. The van der Waals surface area contributed by atoms with E-state index in [0.29, 0.717) is 0 Å². The predicted octanol–water partition coefficient (Wildman–Crippen LogP) is 6.51. The SMILES string of the molecule is FC(F)(F)c1nc(C(F)(F)Br)nc(C(F)(F)SC(F)(F)c2nc(C(F)(F)F)nc(C(F)(F)Br)n2)n1. The Morgan fingerprint density at radius 3 is 0.857 bits per heavy atom. The van der Waals surface area contributed by atoms with Crippen molar-refractivity contribution >= 4 is 43.6 Å². The Labute approximate surface area is 202 Å². The molecule has 0 spiro atoms. The molecule has 6 nitrogen and oxygen atoms in total. The van der Waals surface area contributed by atoms with Crippen molar-refractivity contribution < 1.29 is 61.5 Å². The summed E-state index contributed by atoms with van der Waals surface area (Å²) < 4.78 is 188. The standard InChI is InChI=1S/C12Br2F14N6S/c13-7(15,16)1-29-3(9(19,20)21)33-5(31-1)11(25,26)35-12(27,28)6-32-2(8(14,17)18)30-4(34-6)10(22,23)24. The first-order chi connectivity index (χ1) is 15.3. The average molecular weight is 686 g/mol. The number of rotatable bonds is 6. The van der Waals surface area contributed by atoms with Crippen molar-refractivity contribution in [1.82, 2.24) is 29.9 Å². The Balaban J connectivity index is 2.64. The second-order valence-corrected chi connectivity index (χ2v) is 8.96. The molecule has 2 heterocycles. The smallest absolute Gasteiger partial charge is 0.204 e. The molecule has 0 aliphatic heterocycles. The highest BCUT2D eigenvalue weighted by molar-refractivity contribution is 9.09. The number of hydrogen-bond donors (Lipinski definition) is 0. The molecule has 0 unspecified atom stereocenters. The van der Waals surface area contributed by atoms with E-state index in [1.807, 2.05) is 0 Å². The highest BCUT2D eigenvalue weighted by Crippen LogP contribution is 2.52. The fourth-order valence-corrected chi connectivity index (χ4v) is 2.81. The van der Waals surface area contributed by atoms with E-state index in [2.05, 4.69) is 29.9 Å². The highest BCUT2D eigenvalue weighted by atomic mass is 79.9. The molecule has 35 heavy (non-hydrogen) atoms. The summed E-state index contributed by atoms with van der Waals surface area (Å²) in [7, 11) is 0. The number of hydrogen-bond acceptors (Lipinski definition) is 7. The average Bonchev–Trinajstić information content (AvgIpc) is 2.63. The molecule has 2 aromatic heterocycles. The number of halogens is 16. The first-order valence-corrected chi connectivity index (χ1v) is 10.0. The van der Waals surface area contributed by atoms with E-state index >= 15 is 0 Å². The van der Waals surface area contributed by atoms with E-state index in [4.69, 9.17) is 0 Å². The lowest BCUT2D eigenvalue weighted by molar-refractivity contribution is -0.146. The Morgan fingerprint density at radius 1 is 0.400 bits per heavy atom. The molecule has 2 rings (SSSR count). The lowest BCUT2D eigenvalue weighted by Crippen LogP contribution is -2.29. The van der Waals surface area contributed by atoms with Crippen LogP contribution in [0.3, 0.4) is 0 Å². The minimum Gasteiger partial charge on any atom is -0.204 e. The third kappa shape index (κ3) is 7.20. The first kappa shape index (κ1) is 29.6. The summed E-state index contributed by atoms with van der Waals surface area (Å²) in [6, 6.07) is 0. The maximum Gasteiger partial charge on any atom is 0.451 e. The Bertz CT molecular complexity index is 947. The molecule has 0 bridgehead atoms.